The summed E-state index contributed by atoms with van der Waals surface area (Å²) < 4.78 is 5.65. The van der Waals surface area contributed by atoms with Crippen molar-refractivity contribution in [3.63, 3.8) is 0 Å². The second-order valence-corrected chi connectivity index (χ2v) is 8.13. The molecule has 30 heavy (non-hydrogen) atoms. The van der Waals surface area contributed by atoms with Crippen LogP contribution in [0.5, 0.6) is 0 Å². The molecule has 2 aromatic rings. The molecule has 154 valence electrons. The third kappa shape index (κ3) is 4.19. The highest BCUT2D eigenvalue weighted by Gasteiger charge is 2.39. The van der Waals surface area contributed by atoms with Crippen molar-refractivity contribution in [3.05, 3.63) is 93.3 Å². The van der Waals surface area contributed by atoms with Crippen molar-refractivity contribution in [3.8, 4) is 0 Å². The minimum atomic E-state index is -0.435. The highest BCUT2D eigenvalue weighted by molar-refractivity contribution is 6.30. The lowest BCUT2D eigenvalue weighted by Gasteiger charge is -2.34. The lowest BCUT2D eigenvalue weighted by molar-refractivity contribution is -0.139. The van der Waals surface area contributed by atoms with Gasteiger partial charge >= 0.3 is 5.97 Å². The van der Waals surface area contributed by atoms with Crippen LogP contribution < -0.4 is 5.32 Å². The quantitative estimate of drug-likeness (QED) is 0.683. The van der Waals surface area contributed by atoms with E-state index in [9.17, 15) is 9.59 Å². The highest BCUT2D eigenvalue weighted by Crippen LogP contribution is 2.42. The van der Waals surface area contributed by atoms with Gasteiger partial charge in [-0.2, -0.15) is 0 Å². The summed E-state index contributed by atoms with van der Waals surface area (Å²) in [5.41, 5.74) is 4.83. The Labute approximate surface area is 181 Å². The van der Waals surface area contributed by atoms with Gasteiger partial charge < -0.3 is 10.1 Å². The fourth-order valence-corrected chi connectivity index (χ4v) is 4.35. The Morgan fingerprint density at radius 1 is 1.10 bits per heavy atom. The molecule has 0 saturated heterocycles. The maximum atomic E-state index is 13.2. The number of dihydropyridines is 1. The number of nitrogens with one attached hydrogen (secondary N) is 1. The van der Waals surface area contributed by atoms with E-state index in [0.717, 1.165) is 35.4 Å². The lowest BCUT2D eigenvalue weighted by Crippen LogP contribution is -2.34. The molecule has 1 aliphatic carbocycles. The minimum Gasteiger partial charge on any atom is -0.462 e. The number of ether oxygens (including phenoxy) is 1. The number of carbonyl (C=O) groups excluding carboxylic acids is 2. The first-order valence-corrected chi connectivity index (χ1v) is 10.6. The Morgan fingerprint density at radius 2 is 1.83 bits per heavy atom. The van der Waals surface area contributed by atoms with Crippen molar-refractivity contribution >= 4 is 23.4 Å². The molecule has 0 fully saturated rings. The molecule has 1 aliphatic heterocycles. The number of Topliss-reactive ketones (excluding diaryl/α,β-unsaturated/α-hetero) is 1. The molecule has 1 heterocycles. The number of allylic oxidation sites excluding steroid dienone is 3. The molecule has 2 aliphatic rings. The molecule has 4 rings (SSSR count). The van der Waals surface area contributed by atoms with Gasteiger partial charge in [-0.15, -0.1) is 0 Å². The summed E-state index contributed by atoms with van der Waals surface area (Å²) in [5, 5.41) is 3.93. The summed E-state index contributed by atoms with van der Waals surface area (Å²) in [6.07, 6.45) is 2.77. The van der Waals surface area contributed by atoms with Crippen molar-refractivity contribution in [1.29, 1.82) is 0 Å². The van der Waals surface area contributed by atoms with E-state index in [1.807, 2.05) is 49.4 Å². The van der Waals surface area contributed by atoms with E-state index < -0.39 is 5.92 Å². The molecular formula is C25H24ClNO3. The molecule has 0 bridgehead atoms. The number of halogens is 1. The normalized spacial score (nSPS) is 18.7. The van der Waals surface area contributed by atoms with Crippen molar-refractivity contribution in [2.75, 3.05) is 6.61 Å². The van der Waals surface area contributed by atoms with Gasteiger partial charge in [0.15, 0.2) is 5.78 Å². The Kier molecular flexibility index (Phi) is 6.05. The third-order valence-corrected chi connectivity index (χ3v) is 5.92. The van der Waals surface area contributed by atoms with Crippen molar-refractivity contribution in [1.82, 2.24) is 5.32 Å². The average molecular weight is 422 g/mol. The summed E-state index contributed by atoms with van der Waals surface area (Å²) in [7, 11) is 0. The van der Waals surface area contributed by atoms with Gasteiger partial charge in [-0.1, -0.05) is 54.1 Å². The van der Waals surface area contributed by atoms with E-state index in [-0.39, 0.29) is 18.4 Å². The van der Waals surface area contributed by atoms with Crippen LogP contribution in [-0.4, -0.2) is 18.4 Å². The molecule has 4 nitrogen and oxygen atoms in total. The van der Waals surface area contributed by atoms with Gasteiger partial charge in [-0.25, -0.2) is 4.79 Å². The number of hydrogen-bond acceptors (Lipinski definition) is 4. The van der Waals surface area contributed by atoms with Crippen LogP contribution >= 0.6 is 11.6 Å². The van der Waals surface area contributed by atoms with Gasteiger partial charge in [-0.05, 0) is 43.0 Å². The van der Waals surface area contributed by atoms with E-state index in [4.69, 9.17) is 16.3 Å². The van der Waals surface area contributed by atoms with Gasteiger partial charge in [-0.3, -0.25) is 4.79 Å². The van der Waals surface area contributed by atoms with Crippen molar-refractivity contribution in [2.45, 2.75) is 38.5 Å². The molecule has 2 aromatic carbocycles. The van der Waals surface area contributed by atoms with Crippen LogP contribution in [0, 0.1) is 0 Å². The number of ketones is 1. The predicted molar refractivity (Wildman–Crippen MR) is 117 cm³/mol. The third-order valence-electron chi connectivity index (χ3n) is 5.67. The van der Waals surface area contributed by atoms with Crippen LogP contribution in [0.15, 0.2) is 77.1 Å². The standard InChI is InChI=1S/C25H24ClNO3/c1-16-22(25(29)30-15-14-17-6-3-2-4-7-17)23(18-10-12-19(26)13-11-18)24-20(27-16)8-5-9-21(24)28/h2-4,6-7,10-13,23,27H,5,8-9,14-15H2,1H3/t23-/m0/s1. The van der Waals surface area contributed by atoms with E-state index >= 15 is 0 Å². The Hall–Kier alpha value is -2.85. The van der Waals surface area contributed by atoms with Crippen LogP contribution in [0.1, 0.15) is 43.2 Å². The molecule has 0 spiro atoms. The predicted octanol–water partition coefficient (Wildman–Crippen LogP) is 5.09. The molecule has 0 amide bonds. The van der Waals surface area contributed by atoms with E-state index in [2.05, 4.69) is 5.32 Å². The fourth-order valence-electron chi connectivity index (χ4n) is 4.23. The fraction of sp³-hybridized carbons (Fsp3) is 0.280. The van der Waals surface area contributed by atoms with Crippen molar-refractivity contribution in [2.24, 2.45) is 0 Å². The molecule has 0 unspecified atom stereocenters. The zero-order valence-electron chi connectivity index (χ0n) is 16.9. The molecule has 5 heteroatoms. The number of carbonyl (C=O) groups is 2. The molecule has 1 atom stereocenters. The van der Waals surface area contributed by atoms with E-state index in [1.165, 1.54) is 0 Å². The SMILES string of the molecule is CC1=C(C(=O)OCCc2ccccc2)[C@H](c2ccc(Cl)cc2)C2=C(CCCC2=O)N1. The number of hydrogen-bond donors (Lipinski definition) is 1. The van der Waals surface area contributed by atoms with Crippen LogP contribution in [0.25, 0.3) is 0 Å². The maximum absolute atomic E-state index is 13.2. The van der Waals surface area contributed by atoms with E-state index in [0.29, 0.717) is 29.0 Å². The molecule has 0 saturated carbocycles. The van der Waals surface area contributed by atoms with Crippen LogP contribution in [0.3, 0.4) is 0 Å². The van der Waals surface area contributed by atoms with Crippen LogP contribution in [0.2, 0.25) is 5.02 Å². The lowest BCUT2D eigenvalue weighted by atomic mass is 9.75. The van der Waals surface area contributed by atoms with Crippen LogP contribution in [0.4, 0.5) is 0 Å². The van der Waals surface area contributed by atoms with Gasteiger partial charge in [0, 0.05) is 40.7 Å². The Bertz CT molecular complexity index is 1020. The zero-order valence-corrected chi connectivity index (χ0v) is 17.7. The van der Waals surface area contributed by atoms with Gasteiger partial charge in [0.1, 0.15) is 0 Å². The molecule has 1 N–H and O–H groups in total. The number of esters is 1. The zero-order chi connectivity index (χ0) is 21.1. The summed E-state index contributed by atoms with van der Waals surface area (Å²) in [5.74, 6) is -0.734. The number of benzene rings is 2. The average Bonchev–Trinajstić information content (AvgIpc) is 2.74. The molecular weight excluding hydrogens is 398 g/mol. The largest absolute Gasteiger partial charge is 0.462 e. The summed E-state index contributed by atoms with van der Waals surface area (Å²) in [6, 6.07) is 17.3. The second kappa shape index (κ2) is 8.88. The molecule has 0 aromatic heterocycles. The second-order valence-electron chi connectivity index (χ2n) is 7.69. The minimum absolute atomic E-state index is 0.0887. The first-order valence-electron chi connectivity index (χ1n) is 10.2. The first-order chi connectivity index (χ1) is 14.5. The van der Waals surface area contributed by atoms with E-state index in [1.54, 1.807) is 12.1 Å². The van der Waals surface area contributed by atoms with Gasteiger partial charge in [0.2, 0.25) is 0 Å². The van der Waals surface area contributed by atoms with Gasteiger partial charge in [0.25, 0.3) is 0 Å². The van der Waals surface area contributed by atoms with Gasteiger partial charge in [0.05, 0.1) is 12.2 Å². The Balaban J connectivity index is 1.63. The monoisotopic (exact) mass is 421 g/mol. The maximum Gasteiger partial charge on any atom is 0.336 e. The smallest absolute Gasteiger partial charge is 0.336 e. The van der Waals surface area contributed by atoms with Crippen LogP contribution in [-0.2, 0) is 20.7 Å². The summed E-state index contributed by atoms with van der Waals surface area (Å²) in [4.78, 5) is 26.0. The highest BCUT2D eigenvalue weighted by atomic mass is 35.5. The topological polar surface area (TPSA) is 55.4 Å². The Morgan fingerprint density at radius 3 is 2.57 bits per heavy atom. The summed E-state index contributed by atoms with van der Waals surface area (Å²) in [6.45, 7) is 2.16. The number of rotatable bonds is 5. The molecule has 0 radical (unpaired) electrons. The summed E-state index contributed by atoms with van der Waals surface area (Å²) >= 11 is 6.08. The van der Waals surface area contributed by atoms with Crippen molar-refractivity contribution < 1.29 is 14.3 Å². The first kappa shape index (κ1) is 20.4.